The molecule has 1 N–H and O–H groups in total. The second kappa shape index (κ2) is 5.19. The molecule has 2 heterocycles. The van der Waals surface area contributed by atoms with Gasteiger partial charge in [-0.15, -0.1) is 0 Å². The van der Waals surface area contributed by atoms with Crippen LogP contribution in [0.4, 0.5) is 4.79 Å². The monoisotopic (exact) mass is 267 g/mol. The van der Waals surface area contributed by atoms with E-state index in [1.165, 1.54) is 0 Å². The van der Waals surface area contributed by atoms with Gasteiger partial charge in [-0.1, -0.05) is 13.8 Å². The van der Waals surface area contributed by atoms with Crippen molar-refractivity contribution in [1.82, 2.24) is 15.1 Å². The van der Waals surface area contributed by atoms with Gasteiger partial charge in [0.15, 0.2) is 0 Å². The van der Waals surface area contributed by atoms with E-state index < -0.39 is 11.6 Å². The Hall–Kier alpha value is -1.59. The highest BCUT2D eigenvalue weighted by Crippen LogP contribution is 2.25. The zero-order valence-electron chi connectivity index (χ0n) is 11.6. The van der Waals surface area contributed by atoms with Crippen LogP contribution in [0.3, 0.4) is 0 Å². The number of imide groups is 1. The molecule has 4 amide bonds. The highest BCUT2D eigenvalue weighted by Gasteiger charge is 2.49. The standard InChI is InChI=1S/C13H21N3O3/c1-3-13(4-2)11(18)16(12(19)14-13)9-10(17)15-7-5-6-8-15/h3-9H2,1-2H3,(H,14,19). The Kier molecular flexibility index (Phi) is 3.78. The third kappa shape index (κ3) is 2.31. The number of likely N-dealkylation sites (tertiary alicyclic amines) is 1. The topological polar surface area (TPSA) is 69.7 Å². The van der Waals surface area contributed by atoms with Gasteiger partial charge in [-0.2, -0.15) is 0 Å². The van der Waals surface area contributed by atoms with Crippen LogP contribution in [0.2, 0.25) is 0 Å². The number of hydrogen-bond donors (Lipinski definition) is 1. The Balaban J connectivity index is 2.06. The van der Waals surface area contributed by atoms with Crippen LogP contribution >= 0.6 is 0 Å². The van der Waals surface area contributed by atoms with Crippen molar-refractivity contribution in [3.63, 3.8) is 0 Å². The van der Waals surface area contributed by atoms with Crippen molar-refractivity contribution in [3.8, 4) is 0 Å². The second-order valence-corrected chi connectivity index (χ2v) is 5.20. The summed E-state index contributed by atoms with van der Waals surface area (Å²) in [5, 5.41) is 2.73. The molecule has 0 aromatic rings. The van der Waals surface area contributed by atoms with Gasteiger partial charge in [0.2, 0.25) is 5.91 Å². The third-order valence-electron chi connectivity index (χ3n) is 4.21. The molecule has 0 atom stereocenters. The molecule has 0 unspecified atom stereocenters. The van der Waals surface area contributed by atoms with Crippen molar-refractivity contribution >= 4 is 17.8 Å². The maximum atomic E-state index is 12.3. The number of nitrogens with one attached hydrogen (secondary N) is 1. The molecule has 0 aromatic carbocycles. The van der Waals surface area contributed by atoms with Crippen LogP contribution in [0.25, 0.3) is 0 Å². The van der Waals surface area contributed by atoms with Crippen LogP contribution in [-0.4, -0.2) is 52.8 Å². The third-order valence-corrected chi connectivity index (χ3v) is 4.21. The smallest absolute Gasteiger partial charge is 0.325 e. The summed E-state index contributed by atoms with van der Waals surface area (Å²) in [6, 6.07) is -0.443. The Labute approximate surface area is 113 Å². The molecule has 6 nitrogen and oxygen atoms in total. The lowest BCUT2D eigenvalue weighted by Gasteiger charge is -2.23. The fraction of sp³-hybridized carbons (Fsp3) is 0.769. The summed E-state index contributed by atoms with van der Waals surface area (Å²) in [5.74, 6) is -0.404. The molecule has 0 bridgehead atoms. The highest BCUT2D eigenvalue weighted by atomic mass is 16.2. The first-order chi connectivity index (χ1) is 9.04. The lowest BCUT2D eigenvalue weighted by atomic mass is 9.93. The average Bonchev–Trinajstić information content (AvgIpc) is 3.01. The summed E-state index contributed by atoms with van der Waals surface area (Å²) >= 11 is 0. The lowest BCUT2D eigenvalue weighted by Crippen LogP contribution is -2.46. The first-order valence-corrected chi connectivity index (χ1v) is 6.96. The molecule has 0 spiro atoms. The van der Waals surface area contributed by atoms with E-state index in [9.17, 15) is 14.4 Å². The molecule has 0 radical (unpaired) electrons. The van der Waals surface area contributed by atoms with Crippen molar-refractivity contribution in [2.24, 2.45) is 0 Å². The first kappa shape index (κ1) is 13.8. The van der Waals surface area contributed by atoms with E-state index in [0.29, 0.717) is 12.8 Å². The molecular formula is C13H21N3O3. The minimum atomic E-state index is -0.817. The van der Waals surface area contributed by atoms with E-state index in [1.807, 2.05) is 13.8 Å². The summed E-state index contributed by atoms with van der Waals surface area (Å²) in [5.41, 5.74) is -0.817. The van der Waals surface area contributed by atoms with E-state index in [0.717, 1.165) is 30.8 Å². The van der Waals surface area contributed by atoms with Crippen molar-refractivity contribution in [2.45, 2.75) is 45.1 Å². The van der Waals surface area contributed by atoms with Crippen LogP contribution in [0.5, 0.6) is 0 Å². The molecule has 106 valence electrons. The predicted octanol–water partition coefficient (Wildman–Crippen LogP) is 0.719. The van der Waals surface area contributed by atoms with Crippen LogP contribution in [0, 0.1) is 0 Å². The molecule has 2 fully saturated rings. The SMILES string of the molecule is CCC1(CC)NC(=O)N(CC(=O)N2CCCC2)C1=O. The maximum absolute atomic E-state index is 12.3. The summed E-state index contributed by atoms with van der Waals surface area (Å²) in [6.45, 7) is 5.07. The molecule has 2 aliphatic heterocycles. The van der Waals surface area contributed by atoms with E-state index in [-0.39, 0.29) is 18.4 Å². The maximum Gasteiger partial charge on any atom is 0.325 e. The first-order valence-electron chi connectivity index (χ1n) is 6.96. The zero-order valence-corrected chi connectivity index (χ0v) is 11.6. The van der Waals surface area contributed by atoms with Gasteiger partial charge in [0.25, 0.3) is 5.91 Å². The number of nitrogens with zero attached hydrogens (tertiary/aromatic N) is 2. The second-order valence-electron chi connectivity index (χ2n) is 5.20. The van der Waals surface area contributed by atoms with Crippen LogP contribution in [-0.2, 0) is 9.59 Å². The van der Waals surface area contributed by atoms with Gasteiger partial charge in [0, 0.05) is 13.1 Å². The average molecular weight is 267 g/mol. The minimum absolute atomic E-state index is 0.133. The van der Waals surface area contributed by atoms with E-state index in [4.69, 9.17) is 0 Å². The molecule has 0 saturated carbocycles. The van der Waals surface area contributed by atoms with Gasteiger partial charge in [-0.25, -0.2) is 4.79 Å². The predicted molar refractivity (Wildman–Crippen MR) is 69.4 cm³/mol. The molecule has 0 aromatic heterocycles. The van der Waals surface area contributed by atoms with Gasteiger partial charge in [-0.3, -0.25) is 14.5 Å². The number of urea groups is 1. The lowest BCUT2D eigenvalue weighted by molar-refractivity contribution is -0.138. The number of carbonyl (C=O) groups excluding carboxylic acids is 3. The van der Waals surface area contributed by atoms with Gasteiger partial charge < -0.3 is 10.2 Å². The molecule has 6 heteroatoms. The summed E-state index contributed by atoms with van der Waals surface area (Å²) in [6.07, 6.45) is 3.09. The number of carbonyl (C=O) groups is 3. The Bertz CT molecular complexity index is 398. The fourth-order valence-corrected chi connectivity index (χ4v) is 2.75. The molecule has 2 saturated heterocycles. The quantitative estimate of drug-likeness (QED) is 0.763. The Morgan fingerprint density at radius 1 is 1.21 bits per heavy atom. The van der Waals surface area contributed by atoms with E-state index >= 15 is 0 Å². The van der Waals surface area contributed by atoms with E-state index in [1.54, 1.807) is 4.90 Å². The van der Waals surface area contributed by atoms with Crippen molar-refractivity contribution in [2.75, 3.05) is 19.6 Å². The molecule has 2 rings (SSSR count). The highest BCUT2D eigenvalue weighted by molar-refractivity contribution is 6.08. The van der Waals surface area contributed by atoms with Gasteiger partial charge >= 0.3 is 6.03 Å². The zero-order chi connectivity index (χ0) is 14.0. The Morgan fingerprint density at radius 3 is 2.26 bits per heavy atom. The van der Waals surface area contributed by atoms with Crippen LogP contribution in [0.15, 0.2) is 0 Å². The molecule has 0 aliphatic carbocycles. The molecular weight excluding hydrogens is 246 g/mol. The number of rotatable bonds is 4. The van der Waals surface area contributed by atoms with Crippen molar-refractivity contribution in [1.29, 1.82) is 0 Å². The van der Waals surface area contributed by atoms with Gasteiger partial charge in [0.1, 0.15) is 12.1 Å². The molecule has 2 aliphatic rings. The van der Waals surface area contributed by atoms with Crippen molar-refractivity contribution in [3.05, 3.63) is 0 Å². The van der Waals surface area contributed by atoms with Crippen molar-refractivity contribution < 1.29 is 14.4 Å². The fourth-order valence-electron chi connectivity index (χ4n) is 2.75. The minimum Gasteiger partial charge on any atom is -0.341 e. The van der Waals surface area contributed by atoms with Gasteiger partial charge in [0.05, 0.1) is 0 Å². The summed E-state index contributed by atoms with van der Waals surface area (Å²) < 4.78 is 0. The molecule has 19 heavy (non-hydrogen) atoms. The largest absolute Gasteiger partial charge is 0.341 e. The van der Waals surface area contributed by atoms with E-state index in [2.05, 4.69) is 5.32 Å². The number of hydrogen-bond acceptors (Lipinski definition) is 3. The van der Waals surface area contributed by atoms with Crippen LogP contribution in [0.1, 0.15) is 39.5 Å². The Morgan fingerprint density at radius 2 is 1.79 bits per heavy atom. The number of amides is 4. The van der Waals surface area contributed by atoms with Crippen LogP contribution < -0.4 is 5.32 Å². The summed E-state index contributed by atoms with van der Waals surface area (Å²) in [7, 11) is 0. The summed E-state index contributed by atoms with van der Waals surface area (Å²) in [4.78, 5) is 39.0. The van der Waals surface area contributed by atoms with Gasteiger partial charge in [-0.05, 0) is 25.7 Å². The normalized spacial score (nSPS) is 22.0.